The molecule has 0 aromatic heterocycles. The predicted molar refractivity (Wildman–Crippen MR) is 74.9 cm³/mol. The number of rotatable bonds is 3. The van der Waals surface area contributed by atoms with Crippen LogP contribution in [-0.4, -0.2) is 0 Å². The summed E-state index contributed by atoms with van der Waals surface area (Å²) in [7, 11) is 0. The van der Waals surface area contributed by atoms with Crippen molar-refractivity contribution in [1.29, 1.82) is 0 Å². The smallest absolute Gasteiger partial charge is 0.124 e. The number of alkyl halides is 1. The molecule has 0 radical (unpaired) electrons. The summed E-state index contributed by atoms with van der Waals surface area (Å²) in [5.74, 6) is -0.344. The summed E-state index contributed by atoms with van der Waals surface area (Å²) in [6.07, 6.45) is 0.680. The largest absolute Gasteiger partial charge is 0.207 e. The van der Waals surface area contributed by atoms with Crippen molar-refractivity contribution in [3.63, 3.8) is 0 Å². The molecule has 3 heteroatoms. The lowest BCUT2D eigenvalue weighted by molar-refractivity contribution is 0.627. The van der Waals surface area contributed by atoms with E-state index in [1.54, 1.807) is 6.07 Å². The highest BCUT2D eigenvalue weighted by atomic mass is 35.5. The summed E-state index contributed by atoms with van der Waals surface area (Å²) in [5.41, 5.74) is 3.14. The van der Waals surface area contributed by atoms with Crippen LogP contribution in [0.5, 0.6) is 0 Å². The van der Waals surface area contributed by atoms with Gasteiger partial charge >= 0.3 is 0 Å². The van der Waals surface area contributed by atoms with Gasteiger partial charge in [-0.1, -0.05) is 41.9 Å². The molecule has 0 saturated carbocycles. The van der Waals surface area contributed by atoms with E-state index in [-0.39, 0.29) is 11.2 Å². The number of hydrogen-bond acceptors (Lipinski definition) is 0. The number of hydrogen-bond donors (Lipinski definition) is 0. The molecule has 0 bridgehead atoms. The molecule has 18 heavy (non-hydrogen) atoms. The molecule has 2 aromatic rings. The van der Waals surface area contributed by atoms with Crippen LogP contribution in [0.2, 0.25) is 5.02 Å². The third kappa shape index (κ3) is 3.04. The molecular weight excluding hydrogens is 270 g/mol. The Morgan fingerprint density at radius 3 is 2.56 bits per heavy atom. The van der Waals surface area contributed by atoms with Gasteiger partial charge in [-0.3, -0.25) is 0 Å². The quantitative estimate of drug-likeness (QED) is 0.669. The van der Waals surface area contributed by atoms with Gasteiger partial charge in [0.25, 0.3) is 0 Å². The van der Waals surface area contributed by atoms with Gasteiger partial charge in [-0.05, 0) is 42.2 Å². The van der Waals surface area contributed by atoms with Crippen LogP contribution in [0.15, 0.2) is 42.5 Å². The second kappa shape index (κ2) is 5.73. The second-order valence-corrected chi connectivity index (χ2v) is 5.20. The summed E-state index contributed by atoms with van der Waals surface area (Å²) in [6, 6.07) is 12.4. The Morgan fingerprint density at radius 1 is 1.17 bits per heavy atom. The first-order chi connectivity index (χ1) is 8.58. The monoisotopic (exact) mass is 282 g/mol. The molecule has 0 nitrogen and oxygen atoms in total. The summed E-state index contributed by atoms with van der Waals surface area (Å²) in [4.78, 5) is 0. The van der Waals surface area contributed by atoms with Gasteiger partial charge in [0, 0.05) is 5.02 Å². The van der Waals surface area contributed by atoms with Gasteiger partial charge in [0.2, 0.25) is 0 Å². The van der Waals surface area contributed by atoms with Crippen LogP contribution in [-0.2, 0) is 6.42 Å². The molecule has 1 atom stereocenters. The molecule has 0 aliphatic carbocycles. The first kappa shape index (κ1) is 13.4. The molecular formula is C15H13Cl2F. The maximum atomic E-state index is 13.0. The van der Waals surface area contributed by atoms with E-state index >= 15 is 0 Å². The van der Waals surface area contributed by atoms with E-state index < -0.39 is 0 Å². The lowest BCUT2D eigenvalue weighted by atomic mass is 10.0. The molecule has 0 N–H and O–H groups in total. The molecule has 0 amide bonds. The standard InChI is InChI=1S/C15H13Cl2F/c1-10-4-2-3-5-11(10)8-14(16)13-7-6-12(18)9-15(13)17/h2-7,9,14H,8H2,1H3. The highest BCUT2D eigenvalue weighted by molar-refractivity contribution is 6.32. The van der Waals surface area contributed by atoms with Gasteiger partial charge < -0.3 is 0 Å². The third-order valence-corrected chi connectivity index (χ3v) is 3.68. The van der Waals surface area contributed by atoms with Crippen molar-refractivity contribution in [3.8, 4) is 0 Å². The lowest BCUT2D eigenvalue weighted by Crippen LogP contribution is -1.99. The van der Waals surface area contributed by atoms with E-state index in [0.717, 1.165) is 5.56 Å². The van der Waals surface area contributed by atoms with Crippen LogP contribution in [0.25, 0.3) is 0 Å². The van der Waals surface area contributed by atoms with Crippen LogP contribution in [0.3, 0.4) is 0 Å². The Kier molecular flexibility index (Phi) is 4.26. The van der Waals surface area contributed by atoms with Crippen molar-refractivity contribution in [1.82, 2.24) is 0 Å². The van der Waals surface area contributed by atoms with Crippen molar-refractivity contribution in [2.45, 2.75) is 18.7 Å². The van der Waals surface area contributed by atoms with Gasteiger partial charge in [-0.25, -0.2) is 4.39 Å². The Balaban J connectivity index is 2.22. The molecule has 0 saturated heterocycles. The minimum absolute atomic E-state index is 0.251. The fraction of sp³-hybridized carbons (Fsp3) is 0.200. The van der Waals surface area contributed by atoms with Crippen LogP contribution in [0, 0.1) is 12.7 Å². The summed E-state index contributed by atoms with van der Waals surface area (Å²) >= 11 is 12.4. The summed E-state index contributed by atoms with van der Waals surface area (Å²) in [6.45, 7) is 2.05. The minimum atomic E-state index is -0.344. The topological polar surface area (TPSA) is 0 Å². The molecule has 1 unspecified atom stereocenters. The summed E-state index contributed by atoms with van der Waals surface area (Å²) < 4.78 is 13.0. The highest BCUT2D eigenvalue weighted by Crippen LogP contribution is 2.31. The van der Waals surface area contributed by atoms with E-state index in [1.807, 2.05) is 31.2 Å². The highest BCUT2D eigenvalue weighted by Gasteiger charge is 2.14. The van der Waals surface area contributed by atoms with Crippen molar-refractivity contribution in [3.05, 3.63) is 70.0 Å². The van der Waals surface area contributed by atoms with Gasteiger partial charge in [0.15, 0.2) is 0 Å². The molecule has 94 valence electrons. The molecule has 0 heterocycles. The average molecular weight is 283 g/mol. The van der Waals surface area contributed by atoms with E-state index in [0.29, 0.717) is 11.4 Å². The van der Waals surface area contributed by atoms with Gasteiger partial charge in [0.05, 0.1) is 5.38 Å². The number of aryl methyl sites for hydroxylation is 1. The maximum Gasteiger partial charge on any atom is 0.124 e. The minimum Gasteiger partial charge on any atom is -0.207 e. The third-order valence-electron chi connectivity index (χ3n) is 2.96. The van der Waals surface area contributed by atoms with Crippen LogP contribution < -0.4 is 0 Å². The van der Waals surface area contributed by atoms with Crippen molar-refractivity contribution < 1.29 is 4.39 Å². The van der Waals surface area contributed by atoms with Crippen molar-refractivity contribution in [2.75, 3.05) is 0 Å². The molecule has 2 rings (SSSR count). The molecule has 0 aliphatic rings. The SMILES string of the molecule is Cc1ccccc1CC(Cl)c1ccc(F)cc1Cl. The Bertz CT molecular complexity index is 552. The Hall–Kier alpha value is -1.05. The van der Waals surface area contributed by atoms with E-state index in [9.17, 15) is 4.39 Å². The van der Waals surface area contributed by atoms with Crippen LogP contribution in [0.4, 0.5) is 4.39 Å². The zero-order valence-corrected chi connectivity index (χ0v) is 11.5. The maximum absolute atomic E-state index is 13.0. The van der Waals surface area contributed by atoms with Crippen molar-refractivity contribution in [2.24, 2.45) is 0 Å². The Morgan fingerprint density at radius 2 is 1.89 bits per heavy atom. The first-order valence-electron chi connectivity index (χ1n) is 5.71. The molecule has 0 aliphatic heterocycles. The van der Waals surface area contributed by atoms with E-state index in [2.05, 4.69) is 0 Å². The van der Waals surface area contributed by atoms with Gasteiger partial charge in [0.1, 0.15) is 5.82 Å². The van der Waals surface area contributed by atoms with Crippen molar-refractivity contribution >= 4 is 23.2 Å². The molecule has 0 spiro atoms. The predicted octanol–water partition coefficient (Wildman–Crippen LogP) is 5.31. The lowest BCUT2D eigenvalue weighted by Gasteiger charge is -2.13. The normalized spacial score (nSPS) is 12.4. The van der Waals surface area contributed by atoms with Gasteiger partial charge in [-0.2, -0.15) is 0 Å². The molecule has 2 aromatic carbocycles. The average Bonchev–Trinajstić information content (AvgIpc) is 2.32. The van der Waals surface area contributed by atoms with Crippen LogP contribution >= 0.6 is 23.2 Å². The van der Waals surface area contributed by atoms with Crippen LogP contribution in [0.1, 0.15) is 22.1 Å². The van der Waals surface area contributed by atoms with E-state index in [4.69, 9.17) is 23.2 Å². The number of halogens is 3. The fourth-order valence-electron chi connectivity index (χ4n) is 1.90. The molecule has 0 fully saturated rings. The first-order valence-corrected chi connectivity index (χ1v) is 6.53. The van der Waals surface area contributed by atoms with E-state index in [1.165, 1.54) is 23.3 Å². The number of benzene rings is 2. The van der Waals surface area contributed by atoms with Gasteiger partial charge in [-0.15, -0.1) is 11.6 Å². The summed E-state index contributed by atoms with van der Waals surface area (Å²) in [5, 5.41) is 0.128. The Labute approximate surface area is 116 Å². The zero-order valence-electron chi connectivity index (χ0n) is 9.96. The zero-order chi connectivity index (χ0) is 13.1. The second-order valence-electron chi connectivity index (χ2n) is 4.26. The fourth-order valence-corrected chi connectivity index (χ4v) is 2.61.